The van der Waals surface area contributed by atoms with Crippen LogP contribution >= 0.6 is 11.8 Å². The van der Waals surface area contributed by atoms with Gasteiger partial charge in [0.05, 0.1) is 11.1 Å². The first-order chi connectivity index (χ1) is 19.9. The highest BCUT2D eigenvalue weighted by Crippen LogP contribution is 2.40. The summed E-state index contributed by atoms with van der Waals surface area (Å²) in [5, 5.41) is 22.7. The van der Waals surface area contributed by atoms with Crippen molar-refractivity contribution in [2.75, 3.05) is 18.0 Å². The van der Waals surface area contributed by atoms with Gasteiger partial charge >= 0.3 is 6.09 Å². The second-order valence-corrected chi connectivity index (χ2v) is 12.4. The van der Waals surface area contributed by atoms with Gasteiger partial charge in [-0.1, -0.05) is 69.8 Å². The van der Waals surface area contributed by atoms with Gasteiger partial charge in [-0.15, -0.1) is 0 Å². The van der Waals surface area contributed by atoms with Crippen LogP contribution < -0.4 is 21.7 Å². The number of pyridine rings is 1. The lowest BCUT2D eigenvalue weighted by Crippen LogP contribution is -2.49. The average Bonchev–Trinajstić information content (AvgIpc) is 2.94. The number of carbonyl (C=O) groups excluding carboxylic acids is 3. The van der Waals surface area contributed by atoms with Crippen LogP contribution in [0.3, 0.4) is 0 Å². The number of nitrogens with two attached hydrogens (primary N) is 2. The van der Waals surface area contributed by atoms with Crippen LogP contribution in [0.1, 0.15) is 74.5 Å². The predicted molar refractivity (Wildman–Crippen MR) is 159 cm³/mol. The molecule has 0 aliphatic carbocycles. The highest BCUT2D eigenvalue weighted by atomic mass is 32.2. The molecule has 0 bridgehead atoms. The first-order valence-electron chi connectivity index (χ1n) is 13.8. The second kappa shape index (κ2) is 14.1. The van der Waals surface area contributed by atoms with Gasteiger partial charge in [-0.05, 0) is 42.2 Å². The molecule has 42 heavy (non-hydrogen) atoms. The standard InChI is InChI=1S/C30H37N7O4S/c1-5-20-21(16-31)26(36-28(22(20)17-32)42-24(25(33)38)18-9-7-6-8-10-18)37-13-11-19(12-14-37)35-27(39)23(41-29(34)40)15-30(2,3)4/h6-10,19,23-24H,5,11-15H2,1-4H3,(H2,33,38)(H2,34,40)(H,35,39)/t23-,24-/m1/s1. The Balaban J connectivity index is 1.86. The fourth-order valence-electron chi connectivity index (χ4n) is 4.94. The summed E-state index contributed by atoms with van der Waals surface area (Å²) < 4.78 is 5.10. The zero-order valence-corrected chi connectivity index (χ0v) is 25.2. The van der Waals surface area contributed by atoms with Crippen LogP contribution in [0.15, 0.2) is 35.4 Å². The van der Waals surface area contributed by atoms with Crippen molar-refractivity contribution < 1.29 is 19.1 Å². The average molecular weight is 592 g/mol. The molecular formula is C30H37N7O4S. The zero-order valence-electron chi connectivity index (χ0n) is 24.3. The van der Waals surface area contributed by atoms with Gasteiger partial charge in [-0.25, -0.2) is 9.78 Å². The van der Waals surface area contributed by atoms with Crippen molar-refractivity contribution in [2.24, 2.45) is 16.9 Å². The minimum absolute atomic E-state index is 0.187. The molecule has 222 valence electrons. The fraction of sp³-hybridized carbons (Fsp3) is 0.467. The molecule has 1 aromatic carbocycles. The Morgan fingerprint density at radius 3 is 2.24 bits per heavy atom. The van der Waals surface area contributed by atoms with E-state index in [4.69, 9.17) is 21.2 Å². The highest BCUT2D eigenvalue weighted by Gasteiger charge is 2.32. The van der Waals surface area contributed by atoms with E-state index >= 15 is 0 Å². The van der Waals surface area contributed by atoms with Gasteiger partial charge in [0.15, 0.2) is 6.10 Å². The molecule has 1 aliphatic heterocycles. The van der Waals surface area contributed by atoms with Crippen LogP contribution in [0.2, 0.25) is 0 Å². The molecule has 2 atom stereocenters. The zero-order chi connectivity index (χ0) is 31.0. The number of nitrogens with one attached hydrogen (secondary N) is 1. The van der Waals surface area contributed by atoms with Gasteiger partial charge in [0.1, 0.15) is 28.2 Å². The number of ether oxygens (including phenoxy) is 1. The maximum absolute atomic E-state index is 13.0. The number of anilines is 1. The number of benzene rings is 1. The lowest BCUT2D eigenvalue weighted by Gasteiger charge is -2.35. The van der Waals surface area contributed by atoms with E-state index in [9.17, 15) is 24.9 Å². The van der Waals surface area contributed by atoms with Gasteiger partial charge in [0, 0.05) is 19.1 Å². The second-order valence-electron chi connectivity index (χ2n) is 11.3. The summed E-state index contributed by atoms with van der Waals surface area (Å²) in [7, 11) is 0. The van der Waals surface area contributed by atoms with Crippen LogP contribution in [-0.2, 0) is 20.7 Å². The molecule has 5 N–H and O–H groups in total. The number of amides is 3. The molecule has 0 unspecified atom stereocenters. The molecule has 11 nitrogen and oxygen atoms in total. The maximum atomic E-state index is 13.0. The number of thioether (sulfide) groups is 1. The molecule has 3 amide bonds. The van der Waals surface area contributed by atoms with Crippen molar-refractivity contribution in [2.45, 2.75) is 75.8 Å². The topological polar surface area (TPSA) is 188 Å². The van der Waals surface area contributed by atoms with E-state index in [0.29, 0.717) is 66.3 Å². The monoisotopic (exact) mass is 591 g/mol. The Hall–Kier alpha value is -4.29. The first-order valence-corrected chi connectivity index (χ1v) is 14.7. The molecular weight excluding hydrogens is 554 g/mol. The summed E-state index contributed by atoms with van der Waals surface area (Å²) in [6, 6.07) is 13.3. The minimum atomic E-state index is -1.00. The molecule has 1 aromatic heterocycles. The quantitative estimate of drug-likeness (QED) is 0.346. The number of nitrogens with zero attached hydrogens (tertiary/aromatic N) is 4. The molecule has 1 saturated heterocycles. The normalized spacial score (nSPS) is 15.1. The number of nitriles is 2. The smallest absolute Gasteiger partial charge is 0.405 e. The summed E-state index contributed by atoms with van der Waals surface area (Å²) in [5.74, 6) is -0.538. The molecule has 2 aromatic rings. The highest BCUT2D eigenvalue weighted by molar-refractivity contribution is 8.00. The molecule has 0 spiro atoms. The number of carbonyl (C=O) groups is 3. The number of primary amides is 2. The number of rotatable bonds is 10. The van der Waals surface area contributed by atoms with Crippen molar-refractivity contribution in [3.63, 3.8) is 0 Å². The van der Waals surface area contributed by atoms with Gasteiger partial charge in [0.2, 0.25) is 5.91 Å². The van der Waals surface area contributed by atoms with Crippen LogP contribution in [0.4, 0.5) is 10.6 Å². The van der Waals surface area contributed by atoms with Crippen LogP contribution in [0.25, 0.3) is 0 Å². The molecule has 3 rings (SSSR count). The number of hydrogen-bond acceptors (Lipinski definition) is 9. The Labute approximate surface area is 250 Å². The molecule has 2 heterocycles. The van der Waals surface area contributed by atoms with Crippen molar-refractivity contribution in [1.82, 2.24) is 10.3 Å². The number of aromatic nitrogens is 1. The van der Waals surface area contributed by atoms with E-state index in [1.165, 1.54) is 0 Å². The van der Waals surface area contributed by atoms with Crippen molar-refractivity contribution >= 4 is 35.5 Å². The summed E-state index contributed by atoms with van der Waals surface area (Å²) >= 11 is 1.10. The van der Waals surface area contributed by atoms with Gasteiger partial charge in [-0.3, -0.25) is 9.59 Å². The van der Waals surface area contributed by atoms with Crippen molar-refractivity contribution in [3.05, 3.63) is 52.6 Å². The molecule has 0 saturated carbocycles. The van der Waals surface area contributed by atoms with Crippen LogP contribution in [0, 0.1) is 28.1 Å². The van der Waals surface area contributed by atoms with Crippen LogP contribution in [-0.4, -0.2) is 48.1 Å². The third-order valence-corrected chi connectivity index (χ3v) is 8.16. The lowest BCUT2D eigenvalue weighted by molar-refractivity contribution is -0.131. The van der Waals surface area contributed by atoms with Gasteiger partial charge < -0.3 is 26.4 Å². The summed E-state index contributed by atoms with van der Waals surface area (Å²) in [6.45, 7) is 8.64. The van der Waals surface area contributed by atoms with E-state index in [-0.39, 0.29) is 17.0 Å². The minimum Gasteiger partial charge on any atom is -0.436 e. The fourth-order valence-corrected chi connectivity index (χ4v) is 6.00. The van der Waals surface area contributed by atoms with E-state index in [1.807, 2.05) is 38.7 Å². The summed E-state index contributed by atoms with van der Waals surface area (Å²) in [4.78, 5) is 43.5. The van der Waals surface area contributed by atoms with E-state index in [2.05, 4.69) is 17.5 Å². The Kier molecular flexibility index (Phi) is 10.8. The van der Waals surface area contributed by atoms with E-state index < -0.39 is 29.3 Å². The molecule has 0 radical (unpaired) electrons. The number of piperidine rings is 1. The van der Waals surface area contributed by atoms with E-state index in [1.54, 1.807) is 24.3 Å². The van der Waals surface area contributed by atoms with Crippen LogP contribution in [0.5, 0.6) is 0 Å². The van der Waals surface area contributed by atoms with Crippen molar-refractivity contribution in [1.29, 1.82) is 10.5 Å². The molecule has 12 heteroatoms. The SMILES string of the molecule is CCc1c(C#N)c(S[C@@H](C(N)=O)c2ccccc2)nc(N2CCC(NC(=O)[C@@H](CC(C)(C)C)OC(N)=O)CC2)c1C#N. The Morgan fingerprint density at radius 1 is 1.12 bits per heavy atom. The summed E-state index contributed by atoms with van der Waals surface area (Å²) in [5.41, 5.74) is 12.5. The Bertz CT molecular complexity index is 1390. The van der Waals surface area contributed by atoms with Gasteiger partial charge in [0.25, 0.3) is 5.91 Å². The first kappa shape index (κ1) is 32.2. The molecule has 1 fully saturated rings. The summed E-state index contributed by atoms with van der Waals surface area (Å²) in [6.07, 6.45) is -0.166. The third-order valence-electron chi connectivity index (χ3n) is 6.91. The van der Waals surface area contributed by atoms with E-state index in [0.717, 1.165) is 11.8 Å². The molecule has 1 aliphatic rings. The maximum Gasteiger partial charge on any atom is 0.405 e. The third kappa shape index (κ3) is 8.14. The van der Waals surface area contributed by atoms with Crippen molar-refractivity contribution in [3.8, 4) is 12.1 Å². The Morgan fingerprint density at radius 2 is 1.74 bits per heavy atom. The number of hydrogen-bond donors (Lipinski definition) is 3. The largest absolute Gasteiger partial charge is 0.436 e. The van der Waals surface area contributed by atoms with Gasteiger partial charge in [-0.2, -0.15) is 10.5 Å². The predicted octanol–water partition coefficient (Wildman–Crippen LogP) is 3.69. The lowest BCUT2D eigenvalue weighted by atomic mass is 9.88.